The molecule has 1 rings (SSSR count). The molecule has 1 saturated carbocycles. The van der Waals surface area contributed by atoms with Crippen molar-refractivity contribution in [1.82, 2.24) is 10.2 Å². The van der Waals surface area contributed by atoms with Gasteiger partial charge in [-0.05, 0) is 19.3 Å². The van der Waals surface area contributed by atoms with Gasteiger partial charge in [0.05, 0.1) is 6.04 Å². The Bertz CT molecular complexity index is 331. The van der Waals surface area contributed by atoms with Crippen molar-refractivity contribution >= 4 is 12.0 Å². The molecule has 0 spiro atoms. The summed E-state index contributed by atoms with van der Waals surface area (Å²) in [5, 5.41) is 11.4. The Balaban J connectivity index is 2.52. The molecule has 5 heteroatoms. The van der Waals surface area contributed by atoms with E-state index in [1.54, 1.807) is 0 Å². The number of nitrogens with zero attached hydrogens (tertiary/aromatic N) is 1. The summed E-state index contributed by atoms with van der Waals surface area (Å²) in [7, 11) is 0. The monoisotopic (exact) mass is 238 g/mol. The Kier molecular flexibility index (Phi) is 4.83. The van der Waals surface area contributed by atoms with Crippen molar-refractivity contribution in [3.8, 4) is 12.3 Å². The van der Waals surface area contributed by atoms with Crippen LogP contribution in [0.15, 0.2) is 0 Å². The highest BCUT2D eigenvalue weighted by Crippen LogP contribution is 2.26. The molecule has 1 atom stereocenters. The van der Waals surface area contributed by atoms with Gasteiger partial charge < -0.3 is 15.3 Å². The Labute approximate surface area is 101 Å². The summed E-state index contributed by atoms with van der Waals surface area (Å²) in [5.74, 6) is 1.50. The van der Waals surface area contributed by atoms with Crippen molar-refractivity contribution in [2.24, 2.45) is 0 Å². The maximum Gasteiger partial charge on any atom is 0.323 e. The molecule has 2 amide bonds. The van der Waals surface area contributed by atoms with Gasteiger partial charge in [0.2, 0.25) is 0 Å². The third-order valence-corrected chi connectivity index (χ3v) is 2.63. The van der Waals surface area contributed by atoms with Crippen LogP contribution in [-0.2, 0) is 4.79 Å². The van der Waals surface area contributed by atoms with E-state index in [0.717, 1.165) is 19.3 Å². The molecule has 94 valence electrons. The SMILES string of the molecule is C#CC(CCC)NC(=O)N(CC(=O)O)C1CC1. The van der Waals surface area contributed by atoms with Crippen LogP contribution in [0.1, 0.15) is 32.6 Å². The molecule has 17 heavy (non-hydrogen) atoms. The fourth-order valence-corrected chi connectivity index (χ4v) is 1.62. The second-order valence-corrected chi connectivity index (χ2v) is 4.21. The largest absolute Gasteiger partial charge is 0.480 e. The van der Waals surface area contributed by atoms with Gasteiger partial charge in [-0.25, -0.2) is 4.79 Å². The minimum Gasteiger partial charge on any atom is -0.480 e. The summed E-state index contributed by atoms with van der Waals surface area (Å²) in [4.78, 5) is 23.9. The van der Waals surface area contributed by atoms with Crippen LogP contribution in [0.2, 0.25) is 0 Å². The number of carboxylic acids is 1. The molecule has 0 aromatic heterocycles. The van der Waals surface area contributed by atoms with Crippen LogP contribution < -0.4 is 5.32 Å². The van der Waals surface area contributed by atoms with E-state index in [9.17, 15) is 9.59 Å². The zero-order valence-electron chi connectivity index (χ0n) is 9.98. The van der Waals surface area contributed by atoms with Gasteiger partial charge in [0.1, 0.15) is 6.54 Å². The van der Waals surface area contributed by atoms with Gasteiger partial charge in [0.15, 0.2) is 0 Å². The fourth-order valence-electron chi connectivity index (χ4n) is 1.62. The van der Waals surface area contributed by atoms with Crippen molar-refractivity contribution in [2.75, 3.05) is 6.54 Å². The molecule has 2 N–H and O–H groups in total. The summed E-state index contributed by atoms with van der Waals surface area (Å²) < 4.78 is 0. The van der Waals surface area contributed by atoms with Gasteiger partial charge in [-0.1, -0.05) is 19.3 Å². The number of terminal acetylenes is 1. The average molecular weight is 238 g/mol. The molecule has 5 nitrogen and oxygen atoms in total. The fraction of sp³-hybridized carbons (Fsp3) is 0.667. The molecule has 0 saturated heterocycles. The zero-order chi connectivity index (χ0) is 12.8. The van der Waals surface area contributed by atoms with Gasteiger partial charge in [0, 0.05) is 6.04 Å². The highest BCUT2D eigenvalue weighted by molar-refractivity contribution is 5.81. The van der Waals surface area contributed by atoms with E-state index >= 15 is 0 Å². The Morgan fingerprint density at radius 1 is 1.59 bits per heavy atom. The number of nitrogens with one attached hydrogen (secondary N) is 1. The number of carbonyl (C=O) groups is 2. The molecule has 1 unspecified atom stereocenters. The van der Waals surface area contributed by atoms with Crippen LogP contribution in [-0.4, -0.2) is 40.6 Å². The molecular weight excluding hydrogens is 220 g/mol. The van der Waals surface area contributed by atoms with E-state index in [-0.39, 0.29) is 24.7 Å². The first-order valence-corrected chi connectivity index (χ1v) is 5.83. The van der Waals surface area contributed by atoms with Crippen molar-refractivity contribution in [3.63, 3.8) is 0 Å². The van der Waals surface area contributed by atoms with Crippen molar-refractivity contribution in [3.05, 3.63) is 0 Å². The van der Waals surface area contributed by atoms with Crippen LogP contribution in [0.25, 0.3) is 0 Å². The standard InChI is InChI=1S/C12H18N2O3/c1-3-5-9(4-2)13-12(17)14(8-11(15)16)10-6-7-10/h2,9-10H,3,5-8H2,1H3,(H,13,17)(H,15,16). The number of urea groups is 1. The smallest absolute Gasteiger partial charge is 0.323 e. The lowest BCUT2D eigenvalue weighted by Crippen LogP contribution is -2.47. The van der Waals surface area contributed by atoms with Gasteiger partial charge in [-0.2, -0.15) is 0 Å². The van der Waals surface area contributed by atoms with Gasteiger partial charge >= 0.3 is 12.0 Å². The first kappa shape index (κ1) is 13.4. The summed E-state index contributed by atoms with van der Waals surface area (Å²) in [5.41, 5.74) is 0. The summed E-state index contributed by atoms with van der Waals surface area (Å²) >= 11 is 0. The normalized spacial score (nSPS) is 15.8. The number of carboxylic acid groups (broad SMARTS) is 1. The number of amides is 2. The van der Waals surface area contributed by atoms with Gasteiger partial charge in [-0.15, -0.1) is 6.42 Å². The molecule has 0 heterocycles. The van der Waals surface area contributed by atoms with Crippen molar-refractivity contribution < 1.29 is 14.7 Å². The van der Waals surface area contributed by atoms with Crippen LogP contribution >= 0.6 is 0 Å². The molecule has 0 aromatic rings. The molecule has 0 bridgehead atoms. The van der Waals surface area contributed by atoms with E-state index < -0.39 is 5.97 Å². The number of rotatable bonds is 6. The second kappa shape index (κ2) is 6.14. The Hall–Kier alpha value is -1.70. The molecular formula is C12H18N2O3. The molecule has 0 aliphatic heterocycles. The minimum absolute atomic E-state index is 0.0613. The van der Waals surface area contributed by atoms with Gasteiger partial charge in [0.25, 0.3) is 0 Å². The minimum atomic E-state index is -1.00. The Morgan fingerprint density at radius 2 is 2.24 bits per heavy atom. The average Bonchev–Trinajstić information content (AvgIpc) is 3.08. The number of aliphatic carboxylic acids is 1. The van der Waals surface area contributed by atoms with Crippen LogP contribution in [0.5, 0.6) is 0 Å². The highest BCUT2D eigenvalue weighted by atomic mass is 16.4. The molecule has 1 fully saturated rings. The van der Waals surface area contributed by atoms with Crippen molar-refractivity contribution in [1.29, 1.82) is 0 Å². The van der Waals surface area contributed by atoms with E-state index in [1.165, 1.54) is 4.90 Å². The lowest BCUT2D eigenvalue weighted by molar-refractivity contribution is -0.137. The quantitative estimate of drug-likeness (QED) is 0.679. The number of carbonyl (C=O) groups excluding carboxylic acids is 1. The molecule has 0 aromatic carbocycles. The highest BCUT2D eigenvalue weighted by Gasteiger charge is 2.34. The van der Waals surface area contributed by atoms with E-state index in [0.29, 0.717) is 6.42 Å². The Morgan fingerprint density at radius 3 is 2.65 bits per heavy atom. The molecule has 0 radical (unpaired) electrons. The van der Waals surface area contributed by atoms with E-state index in [4.69, 9.17) is 11.5 Å². The predicted molar refractivity (Wildman–Crippen MR) is 63.4 cm³/mol. The first-order chi connectivity index (χ1) is 8.08. The third kappa shape index (κ3) is 4.35. The predicted octanol–water partition coefficient (Wildman–Crippen LogP) is 1.05. The maximum absolute atomic E-state index is 11.9. The number of hydrogen-bond donors (Lipinski definition) is 2. The van der Waals surface area contributed by atoms with Crippen LogP contribution in [0, 0.1) is 12.3 Å². The maximum atomic E-state index is 11.9. The topological polar surface area (TPSA) is 69.6 Å². The van der Waals surface area contributed by atoms with Gasteiger partial charge in [-0.3, -0.25) is 4.79 Å². The summed E-state index contributed by atoms with van der Waals surface area (Å²) in [6.45, 7) is 1.71. The number of hydrogen-bond acceptors (Lipinski definition) is 2. The van der Waals surface area contributed by atoms with Crippen LogP contribution in [0.4, 0.5) is 4.79 Å². The van der Waals surface area contributed by atoms with Crippen LogP contribution in [0.3, 0.4) is 0 Å². The third-order valence-electron chi connectivity index (χ3n) is 2.63. The van der Waals surface area contributed by atoms with E-state index in [1.807, 2.05) is 6.92 Å². The van der Waals surface area contributed by atoms with Crippen molar-refractivity contribution in [2.45, 2.75) is 44.7 Å². The molecule has 1 aliphatic carbocycles. The second-order valence-electron chi connectivity index (χ2n) is 4.21. The summed E-state index contributed by atoms with van der Waals surface area (Å²) in [6.07, 6.45) is 8.62. The zero-order valence-corrected chi connectivity index (χ0v) is 9.98. The summed E-state index contributed by atoms with van der Waals surface area (Å²) in [6, 6.07) is -0.625. The van der Waals surface area contributed by atoms with E-state index in [2.05, 4.69) is 11.2 Å². The molecule has 1 aliphatic rings. The lowest BCUT2D eigenvalue weighted by atomic mass is 10.2. The lowest BCUT2D eigenvalue weighted by Gasteiger charge is -2.23. The first-order valence-electron chi connectivity index (χ1n) is 5.83.